The van der Waals surface area contributed by atoms with E-state index in [0.29, 0.717) is 64.0 Å². The van der Waals surface area contributed by atoms with Crippen LogP contribution in [-0.2, 0) is 14.3 Å². The number of H-pyrrole nitrogens is 1. The van der Waals surface area contributed by atoms with E-state index in [1.165, 1.54) is 12.8 Å². The second-order valence-electron chi connectivity index (χ2n) is 8.41. The van der Waals surface area contributed by atoms with Gasteiger partial charge in [0.05, 0.1) is 32.9 Å². The highest BCUT2D eigenvalue weighted by Crippen LogP contribution is 2.41. The molecule has 1 atom stereocenters. The molecule has 3 saturated heterocycles. The van der Waals surface area contributed by atoms with Crippen molar-refractivity contribution in [2.24, 2.45) is 5.92 Å². The highest BCUT2D eigenvalue weighted by Gasteiger charge is 2.52. The number of carbonyl (C=O) groups excluding carboxylic acids is 2. The lowest BCUT2D eigenvalue weighted by Gasteiger charge is -2.46. The van der Waals surface area contributed by atoms with Gasteiger partial charge in [0.1, 0.15) is 11.3 Å². The predicted octanol–water partition coefficient (Wildman–Crippen LogP) is 0.767. The van der Waals surface area contributed by atoms with E-state index in [9.17, 15) is 9.59 Å². The Bertz CT molecular complexity index is 732. The molecule has 27 heavy (non-hydrogen) atoms. The number of ether oxygens (including phenoxy) is 2. The van der Waals surface area contributed by atoms with Gasteiger partial charge < -0.3 is 19.3 Å². The standard InChI is InChI=1S/C19H26N4O4/c24-17(22-3-5-26-6-4-22)7-13-9-19(27-10-13)11-23(12-19)18(25)16-8-15(20-21-16)14-1-2-14/h8,13-14H,1-7,9-12H2,(H,20,21). The Balaban J connectivity index is 1.12. The zero-order chi connectivity index (χ0) is 18.4. The summed E-state index contributed by atoms with van der Waals surface area (Å²) in [5.41, 5.74) is 1.32. The summed E-state index contributed by atoms with van der Waals surface area (Å²) in [6, 6.07) is 1.89. The van der Waals surface area contributed by atoms with Crippen molar-refractivity contribution in [1.82, 2.24) is 20.0 Å². The van der Waals surface area contributed by atoms with Crippen LogP contribution in [0.25, 0.3) is 0 Å². The van der Waals surface area contributed by atoms with Crippen LogP contribution in [0.5, 0.6) is 0 Å². The Morgan fingerprint density at radius 1 is 1.22 bits per heavy atom. The van der Waals surface area contributed by atoms with Crippen molar-refractivity contribution in [1.29, 1.82) is 0 Å². The highest BCUT2D eigenvalue weighted by molar-refractivity contribution is 5.93. The van der Waals surface area contributed by atoms with Crippen LogP contribution < -0.4 is 0 Å². The van der Waals surface area contributed by atoms with Gasteiger partial charge in [0.25, 0.3) is 5.91 Å². The average molecular weight is 374 g/mol. The van der Waals surface area contributed by atoms with Gasteiger partial charge in [-0.15, -0.1) is 0 Å². The van der Waals surface area contributed by atoms with Crippen molar-refractivity contribution in [3.8, 4) is 0 Å². The molecule has 4 heterocycles. The molecule has 5 rings (SSSR count). The van der Waals surface area contributed by atoms with Crippen molar-refractivity contribution in [2.45, 2.75) is 37.2 Å². The maximum atomic E-state index is 12.6. The lowest BCUT2D eigenvalue weighted by molar-refractivity contribution is -0.136. The number of amides is 2. The number of hydrogen-bond donors (Lipinski definition) is 1. The fourth-order valence-electron chi connectivity index (χ4n) is 4.48. The zero-order valence-electron chi connectivity index (χ0n) is 15.5. The smallest absolute Gasteiger partial charge is 0.274 e. The van der Waals surface area contributed by atoms with Crippen LogP contribution in [0.1, 0.15) is 47.8 Å². The average Bonchev–Trinajstić information content (AvgIpc) is 3.23. The fraction of sp³-hybridized carbons (Fsp3) is 0.737. The van der Waals surface area contributed by atoms with E-state index >= 15 is 0 Å². The normalized spacial score (nSPS) is 27.0. The largest absolute Gasteiger partial charge is 0.378 e. The molecule has 1 spiro atoms. The summed E-state index contributed by atoms with van der Waals surface area (Å²) in [5, 5.41) is 7.18. The van der Waals surface area contributed by atoms with Gasteiger partial charge in [-0.25, -0.2) is 0 Å². The molecule has 1 N–H and O–H groups in total. The molecule has 8 heteroatoms. The van der Waals surface area contributed by atoms with E-state index in [0.717, 1.165) is 12.1 Å². The predicted molar refractivity (Wildman–Crippen MR) is 95.3 cm³/mol. The number of likely N-dealkylation sites (tertiary alicyclic amines) is 1. The topological polar surface area (TPSA) is 87.8 Å². The van der Waals surface area contributed by atoms with Gasteiger partial charge in [-0.05, 0) is 31.2 Å². The number of aromatic amines is 1. The molecular formula is C19H26N4O4. The number of rotatable bonds is 4. The monoisotopic (exact) mass is 374 g/mol. The van der Waals surface area contributed by atoms with Crippen molar-refractivity contribution >= 4 is 11.8 Å². The number of nitrogens with zero attached hydrogens (tertiary/aromatic N) is 3. The van der Waals surface area contributed by atoms with Crippen molar-refractivity contribution in [2.75, 3.05) is 46.0 Å². The summed E-state index contributed by atoms with van der Waals surface area (Å²) in [6.45, 7) is 4.43. The van der Waals surface area contributed by atoms with Crippen LogP contribution in [0.4, 0.5) is 0 Å². The molecular weight excluding hydrogens is 348 g/mol. The summed E-state index contributed by atoms with van der Waals surface area (Å²) in [6.07, 6.45) is 3.74. The third-order valence-corrected chi connectivity index (χ3v) is 6.19. The second kappa shape index (κ2) is 6.60. The number of hydrogen-bond acceptors (Lipinski definition) is 5. The van der Waals surface area contributed by atoms with Crippen LogP contribution in [-0.4, -0.2) is 83.4 Å². The van der Waals surface area contributed by atoms with E-state index < -0.39 is 0 Å². The second-order valence-corrected chi connectivity index (χ2v) is 8.41. The Kier molecular flexibility index (Phi) is 4.20. The first-order valence-electron chi connectivity index (χ1n) is 9.96. The van der Waals surface area contributed by atoms with Gasteiger partial charge >= 0.3 is 0 Å². The molecule has 146 valence electrons. The summed E-state index contributed by atoms with van der Waals surface area (Å²) < 4.78 is 11.3. The zero-order valence-corrected chi connectivity index (χ0v) is 15.5. The quantitative estimate of drug-likeness (QED) is 0.841. The van der Waals surface area contributed by atoms with E-state index in [1.807, 2.05) is 11.0 Å². The molecule has 0 bridgehead atoms. The van der Waals surface area contributed by atoms with Gasteiger partial charge in [-0.3, -0.25) is 14.7 Å². The van der Waals surface area contributed by atoms with E-state index in [-0.39, 0.29) is 23.3 Å². The van der Waals surface area contributed by atoms with E-state index in [4.69, 9.17) is 9.47 Å². The molecule has 1 aromatic rings. The lowest BCUT2D eigenvalue weighted by atomic mass is 9.85. The summed E-state index contributed by atoms with van der Waals surface area (Å²) in [4.78, 5) is 28.7. The molecule has 4 fully saturated rings. The summed E-state index contributed by atoms with van der Waals surface area (Å²) in [5.74, 6) is 0.967. The van der Waals surface area contributed by atoms with E-state index in [1.54, 1.807) is 4.90 Å². The molecule has 1 unspecified atom stereocenters. The first-order valence-corrected chi connectivity index (χ1v) is 9.96. The van der Waals surface area contributed by atoms with Gasteiger partial charge in [-0.2, -0.15) is 5.10 Å². The SMILES string of the molecule is O=C(CC1COC2(C1)CN(C(=O)c1cc(C3CC3)[nH]n1)C2)N1CCOCC1. The van der Waals surface area contributed by atoms with Crippen molar-refractivity contribution in [3.63, 3.8) is 0 Å². The Labute approximate surface area is 158 Å². The molecule has 2 amide bonds. The van der Waals surface area contributed by atoms with Gasteiger partial charge in [0, 0.05) is 31.1 Å². The van der Waals surface area contributed by atoms with E-state index in [2.05, 4.69) is 10.2 Å². The first kappa shape index (κ1) is 17.2. The maximum absolute atomic E-state index is 12.6. The van der Waals surface area contributed by atoms with Crippen LogP contribution >= 0.6 is 0 Å². The Hall–Kier alpha value is -1.93. The molecule has 0 radical (unpaired) electrons. The Morgan fingerprint density at radius 2 is 2.00 bits per heavy atom. The van der Waals surface area contributed by atoms with Crippen molar-refractivity contribution in [3.05, 3.63) is 17.5 Å². The van der Waals surface area contributed by atoms with Crippen LogP contribution in [0.3, 0.4) is 0 Å². The minimum absolute atomic E-state index is 0.0276. The van der Waals surface area contributed by atoms with Gasteiger partial charge in [-0.1, -0.05) is 0 Å². The minimum Gasteiger partial charge on any atom is -0.378 e. The molecule has 4 aliphatic rings. The lowest BCUT2D eigenvalue weighted by Crippen LogP contribution is -2.63. The maximum Gasteiger partial charge on any atom is 0.274 e. The van der Waals surface area contributed by atoms with Gasteiger partial charge in [0.15, 0.2) is 0 Å². The molecule has 3 aliphatic heterocycles. The summed E-state index contributed by atoms with van der Waals surface area (Å²) in [7, 11) is 0. The molecule has 8 nitrogen and oxygen atoms in total. The third kappa shape index (κ3) is 3.36. The minimum atomic E-state index is -0.263. The van der Waals surface area contributed by atoms with Crippen LogP contribution in [0, 0.1) is 5.92 Å². The van der Waals surface area contributed by atoms with Crippen LogP contribution in [0.2, 0.25) is 0 Å². The number of carbonyl (C=O) groups is 2. The highest BCUT2D eigenvalue weighted by atomic mass is 16.5. The van der Waals surface area contributed by atoms with Crippen molar-refractivity contribution < 1.29 is 19.1 Å². The Morgan fingerprint density at radius 3 is 2.74 bits per heavy atom. The van der Waals surface area contributed by atoms with Gasteiger partial charge in [0.2, 0.25) is 5.91 Å². The molecule has 0 aromatic carbocycles. The first-order chi connectivity index (χ1) is 13.1. The number of morpholine rings is 1. The number of aromatic nitrogens is 2. The summed E-state index contributed by atoms with van der Waals surface area (Å²) >= 11 is 0. The molecule has 1 aromatic heterocycles. The fourth-order valence-corrected chi connectivity index (χ4v) is 4.48. The molecule has 1 aliphatic carbocycles. The third-order valence-electron chi connectivity index (χ3n) is 6.19. The number of nitrogens with one attached hydrogen (secondary N) is 1. The molecule has 1 saturated carbocycles. The van der Waals surface area contributed by atoms with Crippen LogP contribution in [0.15, 0.2) is 6.07 Å².